The second-order valence-corrected chi connectivity index (χ2v) is 5.63. The second kappa shape index (κ2) is 5.57. The van der Waals surface area contributed by atoms with Gasteiger partial charge in [0.2, 0.25) is 5.15 Å². The van der Waals surface area contributed by atoms with Crippen molar-refractivity contribution < 1.29 is 4.92 Å². The van der Waals surface area contributed by atoms with E-state index in [1.165, 1.54) is 10.7 Å². The van der Waals surface area contributed by atoms with Crippen molar-refractivity contribution in [3.8, 4) is 5.82 Å². The smallest absolute Gasteiger partial charge is 0.258 e. The third-order valence-electron chi connectivity index (χ3n) is 3.59. The molecule has 0 aromatic carbocycles. The van der Waals surface area contributed by atoms with Gasteiger partial charge in [0.15, 0.2) is 11.0 Å². The standard InChI is InChI=1S/C12H11Cl2N5O2/c13-8-5-6-9(16-15-8)18-12(14)11(19(20)21)10(17-18)7-3-1-2-4-7/h5-7H,1-4H2. The topological polar surface area (TPSA) is 86.7 Å². The molecule has 21 heavy (non-hydrogen) atoms. The first-order valence-corrected chi connectivity index (χ1v) is 7.26. The van der Waals surface area contributed by atoms with E-state index in [9.17, 15) is 10.1 Å². The lowest BCUT2D eigenvalue weighted by atomic mass is 10.0. The van der Waals surface area contributed by atoms with Crippen LogP contribution in [0.1, 0.15) is 37.3 Å². The van der Waals surface area contributed by atoms with E-state index < -0.39 is 4.92 Å². The largest absolute Gasteiger partial charge is 0.329 e. The van der Waals surface area contributed by atoms with Gasteiger partial charge in [0, 0.05) is 5.92 Å². The van der Waals surface area contributed by atoms with Crippen LogP contribution in [0.15, 0.2) is 12.1 Å². The molecule has 110 valence electrons. The highest BCUT2D eigenvalue weighted by molar-refractivity contribution is 6.32. The summed E-state index contributed by atoms with van der Waals surface area (Å²) in [4.78, 5) is 10.8. The predicted octanol–water partition coefficient (Wildman–Crippen LogP) is 3.53. The first-order valence-electron chi connectivity index (χ1n) is 6.50. The lowest BCUT2D eigenvalue weighted by molar-refractivity contribution is -0.385. The molecule has 0 unspecified atom stereocenters. The van der Waals surface area contributed by atoms with Crippen molar-refractivity contribution in [3.63, 3.8) is 0 Å². The number of halogens is 2. The first-order chi connectivity index (χ1) is 10.1. The summed E-state index contributed by atoms with van der Waals surface area (Å²) in [5.41, 5.74) is 0.291. The summed E-state index contributed by atoms with van der Waals surface area (Å²) in [5, 5.41) is 23.4. The Balaban J connectivity index is 2.11. The van der Waals surface area contributed by atoms with E-state index in [-0.39, 0.29) is 21.9 Å². The average molecular weight is 328 g/mol. The van der Waals surface area contributed by atoms with E-state index in [1.54, 1.807) is 6.07 Å². The van der Waals surface area contributed by atoms with Crippen molar-refractivity contribution in [1.29, 1.82) is 0 Å². The van der Waals surface area contributed by atoms with Gasteiger partial charge in [0.25, 0.3) is 0 Å². The van der Waals surface area contributed by atoms with E-state index in [1.807, 2.05) is 0 Å². The highest BCUT2D eigenvalue weighted by Gasteiger charge is 2.34. The Bertz CT molecular complexity index is 680. The van der Waals surface area contributed by atoms with Crippen LogP contribution in [-0.4, -0.2) is 24.9 Å². The van der Waals surface area contributed by atoms with Crippen molar-refractivity contribution >= 4 is 28.9 Å². The second-order valence-electron chi connectivity index (χ2n) is 4.89. The van der Waals surface area contributed by atoms with Crippen LogP contribution in [-0.2, 0) is 0 Å². The maximum Gasteiger partial charge on any atom is 0.329 e. The summed E-state index contributed by atoms with van der Waals surface area (Å²) in [6.07, 6.45) is 3.88. The minimum atomic E-state index is -0.483. The maximum atomic E-state index is 11.3. The van der Waals surface area contributed by atoms with Gasteiger partial charge in [-0.3, -0.25) is 10.1 Å². The molecule has 9 heteroatoms. The van der Waals surface area contributed by atoms with Gasteiger partial charge in [-0.1, -0.05) is 36.0 Å². The molecule has 1 aliphatic rings. The molecule has 0 aliphatic heterocycles. The van der Waals surface area contributed by atoms with Crippen LogP contribution in [0.4, 0.5) is 5.69 Å². The van der Waals surface area contributed by atoms with Crippen LogP contribution < -0.4 is 0 Å². The van der Waals surface area contributed by atoms with E-state index in [2.05, 4.69) is 15.3 Å². The van der Waals surface area contributed by atoms with Crippen molar-refractivity contribution in [2.45, 2.75) is 31.6 Å². The molecule has 1 aliphatic carbocycles. The van der Waals surface area contributed by atoms with Crippen LogP contribution in [0.25, 0.3) is 5.82 Å². The molecule has 0 spiro atoms. The summed E-state index contributed by atoms with van der Waals surface area (Å²) < 4.78 is 1.25. The number of nitrogens with zero attached hydrogens (tertiary/aromatic N) is 5. The van der Waals surface area contributed by atoms with Gasteiger partial charge in [-0.15, -0.1) is 10.2 Å². The van der Waals surface area contributed by atoms with E-state index in [0.29, 0.717) is 11.5 Å². The minimum Gasteiger partial charge on any atom is -0.258 e. The molecule has 0 saturated heterocycles. The van der Waals surface area contributed by atoms with Crippen molar-refractivity contribution in [3.05, 3.63) is 38.2 Å². The zero-order valence-electron chi connectivity index (χ0n) is 10.9. The van der Waals surface area contributed by atoms with Crippen molar-refractivity contribution in [1.82, 2.24) is 20.0 Å². The van der Waals surface area contributed by atoms with Crippen LogP contribution in [0.2, 0.25) is 10.3 Å². The lowest BCUT2D eigenvalue weighted by Gasteiger charge is -2.03. The molecule has 2 heterocycles. The van der Waals surface area contributed by atoms with Crippen LogP contribution in [0.3, 0.4) is 0 Å². The zero-order valence-corrected chi connectivity index (χ0v) is 12.4. The Labute approximate surface area is 130 Å². The van der Waals surface area contributed by atoms with Crippen LogP contribution in [0.5, 0.6) is 0 Å². The third kappa shape index (κ3) is 2.58. The van der Waals surface area contributed by atoms with E-state index in [0.717, 1.165) is 25.7 Å². The molecule has 1 fully saturated rings. The zero-order chi connectivity index (χ0) is 15.0. The fraction of sp³-hybridized carbons (Fsp3) is 0.417. The highest BCUT2D eigenvalue weighted by atomic mass is 35.5. The Morgan fingerprint density at radius 2 is 1.95 bits per heavy atom. The molecule has 0 radical (unpaired) electrons. The summed E-state index contributed by atoms with van der Waals surface area (Å²) in [7, 11) is 0. The van der Waals surface area contributed by atoms with Gasteiger partial charge in [0.05, 0.1) is 4.92 Å². The molecule has 1 saturated carbocycles. The summed E-state index contributed by atoms with van der Waals surface area (Å²) in [6.45, 7) is 0. The molecule has 0 bridgehead atoms. The van der Waals surface area contributed by atoms with Gasteiger partial charge in [0.1, 0.15) is 5.69 Å². The Morgan fingerprint density at radius 3 is 2.52 bits per heavy atom. The monoisotopic (exact) mass is 327 g/mol. The normalized spacial score (nSPS) is 15.5. The molecule has 0 amide bonds. The maximum absolute atomic E-state index is 11.3. The molecule has 0 N–H and O–H groups in total. The highest BCUT2D eigenvalue weighted by Crippen LogP contribution is 2.41. The Hall–Kier alpha value is -1.73. The summed E-state index contributed by atoms with van der Waals surface area (Å²) >= 11 is 11.8. The third-order valence-corrected chi connectivity index (χ3v) is 4.13. The lowest BCUT2D eigenvalue weighted by Crippen LogP contribution is -2.02. The van der Waals surface area contributed by atoms with E-state index in [4.69, 9.17) is 23.2 Å². The SMILES string of the molecule is O=[N+]([O-])c1c(C2CCCC2)nn(-c2ccc(Cl)nn2)c1Cl. The molecule has 2 aromatic rings. The number of nitro groups is 1. The first kappa shape index (κ1) is 14.2. The predicted molar refractivity (Wildman–Crippen MR) is 77.0 cm³/mol. The number of aromatic nitrogens is 4. The average Bonchev–Trinajstić information content (AvgIpc) is 3.07. The quantitative estimate of drug-likeness (QED) is 0.635. The molecule has 3 rings (SSSR count). The van der Waals surface area contributed by atoms with Gasteiger partial charge in [-0.05, 0) is 25.0 Å². The van der Waals surface area contributed by atoms with Gasteiger partial charge in [-0.2, -0.15) is 9.78 Å². The Kier molecular flexibility index (Phi) is 3.77. The minimum absolute atomic E-state index is 0.0569. The molecular weight excluding hydrogens is 317 g/mol. The fourth-order valence-corrected chi connectivity index (χ4v) is 3.01. The van der Waals surface area contributed by atoms with Gasteiger partial charge < -0.3 is 0 Å². The molecule has 0 atom stereocenters. The number of rotatable bonds is 3. The van der Waals surface area contributed by atoms with Crippen LogP contribution in [0, 0.1) is 10.1 Å². The molecule has 2 aromatic heterocycles. The van der Waals surface area contributed by atoms with Crippen LogP contribution >= 0.6 is 23.2 Å². The summed E-state index contributed by atoms with van der Waals surface area (Å²) in [6, 6.07) is 3.10. The molecular formula is C12H11Cl2N5O2. The van der Waals surface area contributed by atoms with Crippen molar-refractivity contribution in [2.24, 2.45) is 0 Å². The molecule has 7 nitrogen and oxygen atoms in total. The van der Waals surface area contributed by atoms with Crippen molar-refractivity contribution in [2.75, 3.05) is 0 Å². The number of hydrogen-bond donors (Lipinski definition) is 0. The fourth-order valence-electron chi connectivity index (χ4n) is 2.62. The summed E-state index contributed by atoms with van der Waals surface area (Å²) in [5.74, 6) is 0.376. The number of hydrogen-bond acceptors (Lipinski definition) is 5. The van der Waals surface area contributed by atoms with E-state index >= 15 is 0 Å². The Morgan fingerprint density at radius 1 is 1.24 bits per heavy atom. The van der Waals surface area contributed by atoms with Gasteiger partial charge in [-0.25, -0.2) is 0 Å². The van der Waals surface area contributed by atoms with Gasteiger partial charge >= 0.3 is 5.69 Å².